The number of aryl methyl sites for hydroxylation is 1. The van der Waals surface area contributed by atoms with Gasteiger partial charge in [-0.1, -0.05) is 29.8 Å². The maximum atomic E-state index is 12.5. The standard InChI is InChI=1S/C27H25IN2O5/c1-4-33-21-8-9-23-20(13-21)14-25(35-23)27(31)30-29-15-19-11-22(28)26(24(12-19)32-3)34-16-18-7-5-6-17(2)10-18/h5-15H,4,16H2,1-3H3,(H,30,31)/b29-15+. The van der Waals surface area contributed by atoms with Gasteiger partial charge in [0.1, 0.15) is 17.9 Å². The molecule has 35 heavy (non-hydrogen) atoms. The van der Waals surface area contributed by atoms with E-state index in [1.165, 1.54) is 5.56 Å². The molecule has 0 saturated carbocycles. The monoisotopic (exact) mass is 584 g/mol. The summed E-state index contributed by atoms with van der Waals surface area (Å²) in [6, 6.07) is 18.9. The maximum absolute atomic E-state index is 12.5. The molecule has 0 spiro atoms. The molecule has 8 heteroatoms. The number of nitrogens with zero attached hydrogens (tertiary/aromatic N) is 1. The number of hydrazone groups is 1. The lowest BCUT2D eigenvalue weighted by Gasteiger charge is -2.14. The molecular weight excluding hydrogens is 559 g/mol. The van der Waals surface area contributed by atoms with Gasteiger partial charge < -0.3 is 18.6 Å². The number of halogens is 1. The van der Waals surface area contributed by atoms with Crippen molar-refractivity contribution >= 4 is 45.7 Å². The topological polar surface area (TPSA) is 82.3 Å². The van der Waals surface area contributed by atoms with Crippen molar-refractivity contribution in [1.29, 1.82) is 0 Å². The molecule has 1 amide bonds. The summed E-state index contributed by atoms with van der Waals surface area (Å²) in [4.78, 5) is 12.5. The van der Waals surface area contributed by atoms with E-state index in [-0.39, 0.29) is 5.76 Å². The Morgan fingerprint density at radius 3 is 2.74 bits per heavy atom. The fourth-order valence-electron chi connectivity index (χ4n) is 3.52. The summed E-state index contributed by atoms with van der Waals surface area (Å²) in [5.74, 6) is 1.68. The lowest BCUT2D eigenvalue weighted by molar-refractivity contribution is 0.0929. The Bertz CT molecular complexity index is 1380. The minimum Gasteiger partial charge on any atom is -0.494 e. The first-order valence-electron chi connectivity index (χ1n) is 11.0. The average Bonchev–Trinajstić information content (AvgIpc) is 3.27. The zero-order chi connectivity index (χ0) is 24.8. The highest BCUT2D eigenvalue weighted by Crippen LogP contribution is 2.34. The number of rotatable bonds is 9. The Balaban J connectivity index is 1.43. The van der Waals surface area contributed by atoms with Gasteiger partial charge in [-0.15, -0.1) is 0 Å². The highest BCUT2D eigenvalue weighted by atomic mass is 127. The molecule has 0 aliphatic carbocycles. The van der Waals surface area contributed by atoms with E-state index in [4.69, 9.17) is 18.6 Å². The van der Waals surface area contributed by atoms with Gasteiger partial charge in [0.05, 0.1) is 23.5 Å². The molecule has 0 unspecified atom stereocenters. The molecule has 0 atom stereocenters. The number of fused-ring (bicyclic) bond motifs is 1. The van der Waals surface area contributed by atoms with Crippen LogP contribution in [-0.2, 0) is 6.61 Å². The molecule has 0 fully saturated rings. The second kappa shape index (κ2) is 11.3. The van der Waals surface area contributed by atoms with Crippen LogP contribution in [0.3, 0.4) is 0 Å². The first kappa shape index (κ1) is 24.6. The minimum atomic E-state index is -0.449. The molecule has 1 N–H and O–H groups in total. The number of ether oxygens (including phenoxy) is 3. The molecule has 1 aromatic heterocycles. The zero-order valence-corrected chi connectivity index (χ0v) is 21.8. The smallest absolute Gasteiger partial charge is 0.307 e. The summed E-state index contributed by atoms with van der Waals surface area (Å²) in [5, 5.41) is 4.86. The van der Waals surface area contributed by atoms with Crippen LogP contribution in [0.15, 0.2) is 70.2 Å². The van der Waals surface area contributed by atoms with Gasteiger partial charge >= 0.3 is 5.91 Å². The van der Waals surface area contributed by atoms with Crippen molar-refractivity contribution in [2.24, 2.45) is 5.10 Å². The van der Waals surface area contributed by atoms with E-state index in [9.17, 15) is 4.79 Å². The van der Waals surface area contributed by atoms with Crippen molar-refractivity contribution in [1.82, 2.24) is 5.43 Å². The molecule has 0 bridgehead atoms. The van der Waals surface area contributed by atoms with Gasteiger partial charge in [0, 0.05) is 5.39 Å². The molecule has 4 aromatic rings. The molecule has 180 valence electrons. The van der Waals surface area contributed by atoms with Crippen molar-refractivity contribution in [2.45, 2.75) is 20.5 Å². The SMILES string of the molecule is CCOc1ccc2oc(C(=O)N/N=C/c3cc(I)c(OCc4cccc(C)c4)c(OC)c3)cc2c1. The molecule has 1 heterocycles. The Kier molecular flexibility index (Phi) is 7.91. The second-order valence-electron chi connectivity index (χ2n) is 7.75. The van der Waals surface area contributed by atoms with Crippen LogP contribution in [0, 0.1) is 10.5 Å². The number of furan rings is 1. The van der Waals surface area contributed by atoms with Gasteiger partial charge in [0.15, 0.2) is 17.3 Å². The van der Waals surface area contributed by atoms with Crippen molar-refractivity contribution in [2.75, 3.05) is 13.7 Å². The highest BCUT2D eigenvalue weighted by molar-refractivity contribution is 14.1. The lowest BCUT2D eigenvalue weighted by atomic mass is 10.1. The maximum Gasteiger partial charge on any atom is 0.307 e. The first-order valence-corrected chi connectivity index (χ1v) is 12.1. The predicted octanol–water partition coefficient (Wildman–Crippen LogP) is 6.10. The minimum absolute atomic E-state index is 0.165. The summed E-state index contributed by atoms with van der Waals surface area (Å²) >= 11 is 2.20. The Morgan fingerprint density at radius 1 is 1.11 bits per heavy atom. The zero-order valence-electron chi connectivity index (χ0n) is 19.6. The third kappa shape index (κ3) is 6.13. The third-order valence-electron chi connectivity index (χ3n) is 5.12. The summed E-state index contributed by atoms with van der Waals surface area (Å²) in [5.41, 5.74) is 6.11. The predicted molar refractivity (Wildman–Crippen MR) is 144 cm³/mol. The van der Waals surface area contributed by atoms with Crippen LogP contribution in [0.25, 0.3) is 11.0 Å². The largest absolute Gasteiger partial charge is 0.494 e. The van der Waals surface area contributed by atoms with E-state index in [0.717, 1.165) is 25.8 Å². The number of carbonyl (C=O) groups is 1. The van der Waals surface area contributed by atoms with Crippen LogP contribution in [0.5, 0.6) is 17.2 Å². The molecule has 0 saturated heterocycles. The van der Waals surface area contributed by atoms with Gasteiger partial charge in [-0.25, -0.2) is 5.43 Å². The number of hydrogen-bond donors (Lipinski definition) is 1. The van der Waals surface area contributed by atoms with E-state index < -0.39 is 5.91 Å². The number of amides is 1. The number of benzene rings is 3. The lowest BCUT2D eigenvalue weighted by Crippen LogP contribution is -2.16. The van der Waals surface area contributed by atoms with E-state index in [1.54, 1.807) is 37.6 Å². The van der Waals surface area contributed by atoms with Crippen LogP contribution < -0.4 is 19.6 Å². The Morgan fingerprint density at radius 2 is 1.97 bits per heavy atom. The molecule has 4 rings (SSSR count). The highest BCUT2D eigenvalue weighted by Gasteiger charge is 2.14. The number of nitrogens with one attached hydrogen (secondary N) is 1. The molecule has 0 aliphatic rings. The first-order chi connectivity index (χ1) is 17.0. The third-order valence-corrected chi connectivity index (χ3v) is 5.92. The van der Waals surface area contributed by atoms with Gasteiger partial charge in [0.2, 0.25) is 0 Å². The Hall–Kier alpha value is -3.53. The normalized spacial score (nSPS) is 11.1. The van der Waals surface area contributed by atoms with Crippen LogP contribution in [0.4, 0.5) is 0 Å². The van der Waals surface area contributed by atoms with E-state index in [2.05, 4.69) is 39.2 Å². The number of hydrogen-bond acceptors (Lipinski definition) is 6. The quantitative estimate of drug-likeness (QED) is 0.146. The van der Waals surface area contributed by atoms with Crippen LogP contribution in [0.1, 0.15) is 34.2 Å². The second-order valence-corrected chi connectivity index (χ2v) is 8.92. The van der Waals surface area contributed by atoms with Crippen molar-refractivity contribution in [3.05, 3.63) is 86.7 Å². The number of carbonyl (C=O) groups excluding carboxylic acids is 1. The van der Waals surface area contributed by atoms with E-state index in [1.807, 2.05) is 44.2 Å². The number of methoxy groups -OCH3 is 1. The molecule has 3 aromatic carbocycles. The average molecular weight is 584 g/mol. The van der Waals surface area contributed by atoms with Gasteiger partial charge in [-0.05, 0) is 84.0 Å². The summed E-state index contributed by atoms with van der Waals surface area (Å²) in [6.45, 7) is 4.96. The molecular formula is C27H25IN2O5. The van der Waals surface area contributed by atoms with Crippen molar-refractivity contribution in [3.8, 4) is 17.2 Å². The van der Waals surface area contributed by atoms with Crippen LogP contribution in [0.2, 0.25) is 0 Å². The van der Waals surface area contributed by atoms with E-state index in [0.29, 0.717) is 30.3 Å². The van der Waals surface area contributed by atoms with Crippen LogP contribution >= 0.6 is 22.6 Å². The molecule has 0 aliphatic heterocycles. The van der Waals surface area contributed by atoms with Gasteiger partial charge in [-0.2, -0.15) is 5.10 Å². The van der Waals surface area contributed by atoms with Crippen molar-refractivity contribution < 1.29 is 23.4 Å². The van der Waals surface area contributed by atoms with Crippen molar-refractivity contribution in [3.63, 3.8) is 0 Å². The van der Waals surface area contributed by atoms with Gasteiger partial charge in [0.25, 0.3) is 0 Å². The summed E-state index contributed by atoms with van der Waals surface area (Å²) in [7, 11) is 1.59. The van der Waals surface area contributed by atoms with Gasteiger partial charge in [-0.3, -0.25) is 4.79 Å². The molecule has 7 nitrogen and oxygen atoms in total. The molecule has 0 radical (unpaired) electrons. The fraction of sp³-hybridized carbons (Fsp3) is 0.185. The Labute approximate surface area is 217 Å². The van der Waals surface area contributed by atoms with Crippen LogP contribution in [-0.4, -0.2) is 25.8 Å². The fourth-order valence-corrected chi connectivity index (χ4v) is 4.30. The summed E-state index contributed by atoms with van der Waals surface area (Å²) in [6.07, 6.45) is 1.54. The summed E-state index contributed by atoms with van der Waals surface area (Å²) < 4.78 is 23.6. The van der Waals surface area contributed by atoms with E-state index >= 15 is 0 Å².